The Kier molecular flexibility index (Phi) is 9.04. The summed E-state index contributed by atoms with van der Waals surface area (Å²) in [5, 5.41) is 0. The van der Waals surface area contributed by atoms with Gasteiger partial charge in [-0.2, -0.15) is 16.8 Å². The Balaban J connectivity index is 1.68. The minimum atomic E-state index is -4.10. The molecule has 0 radical (unpaired) electrons. The van der Waals surface area contributed by atoms with Crippen LogP contribution in [0, 0.1) is 0 Å². The fourth-order valence-electron chi connectivity index (χ4n) is 3.81. The van der Waals surface area contributed by atoms with Crippen LogP contribution in [0.25, 0.3) is 0 Å². The first-order chi connectivity index (χ1) is 18.3. The van der Waals surface area contributed by atoms with E-state index in [9.17, 15) is 16.8 Å². The molecule has 4 rings (SSSR count). The van der Waals surface area contributed by atoms with E-state index in [1.54, 1.807) is 60.7 Å². The van der Waals surface area contributed by atoms with Crippen molar-refractivity contribution in [2.24, 2.45) is 0 Å². The molecule has 0 amide bonds. The Bertz CT molecular complexity index is 1700. The van der Waals surface area contributed by atoms with E-state index in [2.05, 4.69) is 63.7 Å². The number of benzene rings is 4. The van der Waals surface area contributed by atoms with Gasteiger partial charge >= 0.3 is 20.2 Å². The van der Waals surface area contributed by atoms with E-state index in [4.69, 9.17) is 8.37 Å². The van der Waals surface area contributed by atoms with Gasteiger partial charge in [-0.15, -0.1) is 0 Å². The molecule has 0 aliphatic rings. The molecule has 0 spiro atoms. The Hall–Kier alpha value is -1.70. The monoisotopic (exact) mass is 820 g/mol. The lowest BCUT2D eigenvalue weighted by Crippen LogP contribution is -2.21. The van der Waals surface area contributed by atoms with Crippen molar-refractivity contribution in [1.82, 2.24) is 0 Å². The zero-order chi connectivity index (χ0) is 28.6. The molecule has 6 nitrogen and oxygen atoms in total. The van der Waals surface area contributed by atoms with Crippen LogP contribution in [0.4, 0.5) is 0 Å². The number of rotatable bonds is 8. The molecule has 0 heterocycles. The maximum atomic E-state index is 12.9. The van der Waals surface area contributed by atoms with Gasteiger partial charge in [0.1, 0.15) is 15.5 Å². The van der Waals surface area contributed by atoms with E-state index >= 15 is 0 Å². The zero-order valence-electron chi connectivity index (χ0n) is 20.4. The van der Waals surface area contributed by atoms with Gasteiger partial charge in [0.05, 0.1) is 8.95 Å². The molecular weight excluding hydrogens is 804 g/mol. The summed E-state index contributed by atoms with van der Waals surface area (Å²) in [6.45, 7) is 3.96. The van der Waals surface area contributed by atoms with Gasteiger partial charge in [0, 0.05) is 14.4 Å². The minimum absolute atomic E-state index is 0.0250. The number of halogens is 4. The molecule has 0 saturated heterocycles. The molecule has 0 aliphatic heterocycles. The van der Waals surface area contributed by atoms with Gasteiger partial charge in [-0.05, 0) is 111 Å². The van der Waals surface area contributed by atoms with E-state index in [1.807, 2.05) is 13.8 Å². The third-order valence-electron chi connectivity index (χ3n) is 5.89. The molecule has 0 unspecified atom stereocenters. The first-order valence-electron chi connectivity index (χ1n) is 11.2. The van der Waals surface area contributed by atoms with Crippen molar-refractivity contribution in [2.45, 2.75) is 29.1 Å². The van der Waals surface area contributed by atoms with Gasteiger partial charge in [0.2, 0.25) is 0 Å². The molecule has 0 fully saturated rings. The van der Waals surface area contributed by atoms with Crippen molar-refractivity contribution in [2.75, 3.05) is 0 Å². The SMILES string of the molecule is CC(C)(c1ccc(OS(=O)(=O)c2ccccc2)cc1)c1c(Br)c(Br)c(OS(=O)(=O)c2ccccc2)c(Br)c1Br. The normalized spacial score (nSPS) is 12.3. The Morgan fingerprint density at radius 1 is 0.564 bits per heavy atom. The van der Waals surface area contributed by atoms with Crippen molar-refractivity contribution in [1.29, 1.82) is 0 Å². The molecule has 0 saturated carbocycles. The summed E-state index contributed by atoms with van der Waals surface area (Å²) in [5.74, 6) is 0.251. The van der Waals surface area contributed by atoms with Gasteiger partial charge in [0.15, 0.2) is 5.75 Å². The van der Waals surface area contributed by atoms with Crippen LogP contribution in [-0.4, -0.2) is 16.8 Å². The van der Waals surface area contributed by atoms with Crippen LogP contribution in [0.2, 0.25) is 0 Å². The summed E-state index contributed by atoms with van der Waals surface area (Å²) >= 11 is 14.2. The maximum absolute atomic E-state index is 12.9. The third kappa shape index (κ3) is 6.31. The Morgan fingerprint density at radius 3 is 1.41 bits per heavy atom. The molecule has 0 bridgehead atoms. The smallest absolute Gasteiger partial charge is 0.339 e. The standard InChI is InChI=1S/C27H20Br4O6S2/c1-27(2,17-13-15-18(16-14-17)36-38(32,33)19-9-5-3-6-10-19)21-22(28)24(30)26(25(31)23(21)29)37-39(34,35)20-11-7-4-8-12-20/h3-16H,1-2H3. The third-order valence-corrected chi connectivity index (χ3v) is 12.5. The molecule has 12 heteroatoms. The van der Waals surface area contributed by atoms with Crippen LogP contribution in [0.5, 0.6) is 11.5 Å². The highest BCUT2D eigenvalue weighted by atomic mass is 79.9. The summed E-state index contributed by atoms with van der Waals surface area (Å²) in [5.41, 5.74) is 0.991. The van der Waals surface area contributed by atoms with Gasteiger partial charge < -0.3 is 8.37 Å². The number of hydrogen-bond acceptors (Lipinski definition) is 6. The lowest BCUT2D eigenvalue weighted by atomic mass is 9.78. The second kappa shape index (κ2) is 11.7. The van der Waals surface area contributed by atoms with Crippen LogP contribution >= 0.6 is 63.7 Å². The maximum Gasteiger partial charge on any atom is 0.339 e. The summed E-state index contributed by atoms with van der Waals surface area (Å²) < 4.78 is 63.8. The molecule has 0 N–H and O–H groups in total. The van der Waals surface area contributed by atoms with Crippen molar-refractivity contribution in [3.8, 4) is 11.5 Å². The second-order valence-corrected chi connectivity index (χ2v) is 15.1. The van der Waals surface area contributed by atoms with Crippen LogP contribution in [-0.2, 0) is 25.7 Å². The van der Waals surface area contributed by atoms with Gasteiger partial charge in [0.25, 0.3) is 0 Å². The summed E-state index contributed by atoms with van der Waals surface area (Å²) in [6, 6.07) is 22.5. The fraction of sp³-hybridized carbons (Fsp3) is 0.111. The molecule has 4 aromatic carbocycles. The van der Waals surface area contributed by atoms with Crippen LogP contribution < -0.4 is 8.37 Å². The van der Waals surface area contributed by atoms with Gasteiger partial charge in [-0.25, -0.2) is 0 Å². The highest BCUT2D eigenvalue weighted by molar-refractivity contribution is 9.14. The summed E-state index contributed by atoms with van der Waals surface area (Å²) in [6.07, 6.45) is 0. The van der Waals surface area contributed by atoms with Gasteiger partial charge in [-0.1, -0.05) is 62.4 Å². The van der Waals surface area contributed by atoms with E-state index in [0.29, 0.717) is 17.9 Å². The predicted molar refractivity (Wildman–Crippen MR) is 164 cm³/mol. The second-order valence-electron chi connectivity index (χ2n) is 8.81. The highest BCUT2D eigenvalue weighted by Gasteiger charge is 2.34. The molecule has 0 atom stereocenters. The zero-order valence-corrected chi connectivity index (χ0v) is 28.3. The molecular formula is C27H20Br4O6S2. The van der Waals surface area contributed by atoms with Crippen LogP contribution in [0.3, 0.4) is 0 Å². The lowest BCUT2D eigenvalue weighted by molar-refractivity contribution is 0.481. The number of hydrogen-bond donors (Lipinski definition) is 0. The lowest BCUT2D eigenvalue weighted by Gasteiger charge is -2.30. The predicted octanol–water partition coefficient (Wildman–Crippen LogP) is 8.60. The van der Waals surface area contributed by atoms with E-state index in [-0.39, 0.29) is 21.3 Å². The van der Waals surface area contributed by atoms with E-state index < -0.39 is 25.7 Å². The van der Waals surface area contributed by atoms with Gasteiger partial charge in [-0.3, -0.25) is 0 Å². The Labute approximate surface area is 261 Å². The summed E-state index contributed by atoms with van der Waals surface area (Å²) in [7, 11) is -8.07. The molecule has 0 aromatic heterocycles. The van der Waals surface area contributed by atoms with Crippen LogP contribution in [0.15, 0.2) is 113 Å². The largest absolute Gasteiger partial charge is 0.379 e. The Morgan fingerprint density at radius 2 is 0.974 bits per heavy atom. The fourth-order valence-corrected chi connectivity index (χ4v) is 9.18. The summed E-state index contributed by atoms with van der Waals surface area (Å²) in [4.78, 5) is 0.0885. The first kappa shape index (κ1) is 30.3. The molecule has 204 valence electrons. The molecule has 39 heavy (non-hydrogen) atoms. The van der Waals surface area contributed by atoms with Crippen molar-refractivity contribution in [3.05, 3.63) is 114 Å². The van der Waals surface area contributed by atoms with Crippen molar-refractivity contribution < 1.29 is 25.2 Å². The molecule has 4 aromatic rings. The van der Waals surface area contributed by atoms with E-state index in [0.717, 1.165) is 11.1 Å². The molecule has 0 aliphatic carbocycles. The van der Waals surface area contributed by atoms with Crippen molar-refractivity contribution in [3.63, 3.8) is 0 Å². The first-order valence-corrected chi connectivity index (χ1v) is 17.2. The minimum Gasteiger partial charge on any atom is -0.379 e. The average molecular weight is 824 g/mol. The van der Waals surface area contributed by atoms with Crippen LogP contribution in [0.1, 0.15) is 25.0 Å². The van der Waals surface area contributed by atoms with Crippen molar-refractivity contribution >= 4 is 84.0 Å². The quantitative estimate of drug-likeness (QED) is 0.131. The van der Waals surface area contributed by atoms with E-state index in [1.165, 1.54) is 24.3 Å². The highest BCUT2D eigenvalue weighted by Crippen LogP contribution is 2.52. The topological polar surface area (TPSA) is 86.7 Å². The average Bonchev–Trinajstić information content (AvgIpc) is 2.91.